The van der Waals surface area contributed by atoms with E-state index in [0.29, 0.717) is 0 Å². The van der Waals surface area contributed by atoms with E-state index in [1.165, 1.54) is 17.1 Å². The SMILES string of the molecule is CCNCc1c(SCC(C)CC)nc2ccccn12. The van der Waals surface area contributed by atoms with Crippen LogP contribution in [0.3, 0.4) is 0 Å². The van der Waals surface area contributed by atoms with E-state index in [2.05, 4.69) is 48.8 Å². The highest BCUT2D eigenvalue weighted by atomic mass is 32.2. The predicted molar refractivity (Wildman–Crippen MR) is 82.8 cm³/mol. The average Bonchev–Trinajstić information content (AvgIpc) is 2.80. The molecule has 1 unspecified atom stereocenters. The van der Waals surface area contributed by atoms with Crippen LogP contribution in [0.1, 0.15) is 32.9 Å². The molecular formula is C15H23N3S. The first-order valence-corrected chi connectivity index (χ1v) is 8.04. The van der Waals surface area contributed by atoms with Crippen molar-refractivity contribution < 1.29 is 0 Å². The summed E-state index contributed by atoms with van der Waals surface area (Å²) in [5, 5.41) is 4.58. The van der Waals surface area contributed by atoms with Crippen molar-refractivity contribution in [1.82, 2.24) is 14.7 Å². The minimum absolute atomic E-state index is 0.738. The van der Waals surface area contributed by atoms with Gasteiger partial charge in [-0.05, 0) is 24.6 Å². The summed E-state index contributed by atoms with van der Waals surface area (Å²) in [6.45, 7) is 8.54. The van der Waals surface area contributed by atoms with Crippen molar-refractivity contribution in [2.24, 2.45) is 5.92 Å². The fourth-order valence-electron chi connectivity index (χ4n) is 1.88. The molecule has 0 saturated carbocycles. The van der Waals surface area contributed by atoms with Gasteiger partial charge in [-0.15, -0.1) is 11.8 Å². The lowest BCUT2D eigenvalue weighted by Gasteiger charge is -2.08. The summed E-state index contributed by atoms with van der Waals surface area (Å²) < 4.78 is 2.20. The molecule has 1 atom stereocenters. The smallest absolute Gasteiger partial charge is 0.138 e. The van der Waals surface area contributed by atoms with Crippen LogP contribution in [0.4, 0.5) is 0 Å². The zero-order chi connectivity index (χ0) is 13.7. The van der Waals surface area contributed by atoms with Gasteiger partial charge in [0.25, 0.3) is 0 Å². The maximum absolute atomic E-state index is 4.76. The van der Waals surface area contributed by atoms with Gasteiger partial charge in [0.2, 0.25) is 0 Å². The molecule has 0 bridgehead atoms. The fraction of sp³-hybridized carbons (Fsp3) is 0.533. The highest BCUT2D eigenvalue weighted by Gasteiger charge is 2.12. The van der Waals surface area contributed by atoms with E-state index in [0.717, 1.165) is 30.4 Å². The van der Waals surface area contributed by atoms with Gasteiger partial charge in [0.15, 0.2) is 0 Å². The van der Waals surface area contributed by atoms with Gasteiger partial charge in [0.1, 0.15) is 10.7 Å². The molecule has 0 saturated heterocycles. The average molecular weight is 277 g/mol. The third-order valence-corrected chi connectivity index (χ3v) is 4.67. The summed E-state index contributed by atoms with van der Waals surface area (Å²) in [7, 11) is 0. The zero-order valence-electron chi connectivity index (χ0n) is 12.0. The van der Waals surface area contributed by atoms with E-state index < -0.39 is 0 Å². The van der Waals surface area contributed by atoms with Crippen molar-refractivity contribution in [3.05, 3.63) is 30.1 Å². The van der Waals surface area contributed by atoms with Crippen molar-refractivity contribution in [3.63, 3.8) is 0 Å². The van der Waals surface area contributed by atoms with Crippen LogP contribution in [0.5, 0.6) is 0 Å². The number of thioether (sulfide) groups is 1. The van der Waals surface area contributed by atoms with Crippen molar-refractivity contribution in [2.75, 3.05) is 12.3 Å². The molecular weight excluding hydrogens is 254 g/mol. The lowest BCUT2D eigenvalue weighted by Crippen LogP contribution is -2.14. The number of hydrogen-bond acceptors (Lipinski definition) is 3. The van der Waals surface area contributed by atoms with Crippen molar-refractivity contribution in [2.45, 2.75) is 38.8 Å². The minimum Gasteiger partial charge on any atom is -0.311 e. The highest BCUT2D eigenvalue weighted by Crippen LogP contribution is 2.26. The Balaban J connectivity index is 2.24. The van der Waals surface area contributed by atoms with E-state index in [4.69, 9.17) is 4.98 Å². The Morgan fingerprint density at radius 2 is 2.21 bits per heavy atom. The Morgan fingerprint density at radius 1 is 1.37 bits per heavy atom. The van der Waals surface area contributed by atoms with Crippen LogP contribution < -0.4 is 5.32 Å². The number of pyridine rings is 1. The molecule has 2 rings (SSSR count). The summed E-state index contributed by atoms with van der Waals surface area (Å²) in [6, 6.07) is 6.18. The number of aromatic nitrogens is 2. The van der Waals surface area contributed by atoms with E-state index in [1.807, 2.05) is 17.8 Å². The molecule has 1 N–H and O–H groups in total. The summed E-state index contributed by atoms with van der Waals surface area (Å²) >= 11 is 1.88. The lowest BCUT2D eigenvalue weighted by atomic mass is 10.2. The fourth-order valence-corrected chi connectivity index (χ4v) is 3.06. The number of hydrogen-bond donors (Lipinski definition) is 1. The van der Waals surface area contributed by atoms with Gasteiger partial charge in [-0.25, -0.2) is 4.98 Å². The van der Waals surface area contributed by atoms with Crippen LogP contribution in [0.15, 0.2) is 29.4 Å². The van der Waals surface area contributed by atoms with E-state index in [1.54, 1.807) is 0 Å². The van der Waals surface area contributed by atoms with Crippen molar-refractivity contribution in [3.8, 4) is 0 Å². The van der Waals surface area contributed by atoms with E-state index in [9.17, 15) is 0 Å². The van der Waals surface area contributed by atoms with Gasteiger partial charge in [-0.1, -0.05) is 33.3 Å². The third kappa shape index (κ3) is 3.51. The number of imidazole rings is 1. The molecule has 4 heteroatoms. The minimum atomic E-state index is 0.738. The third-order valence-electron chi connectivity index (χ3n) is 3.34. The van der Waals surface area contributed by atoms with Crippen molar-refractivity contribution >= 4 is 17.4 Å². The molecule has 0 radical (unpaired) electrons. The van der Waals surface area contributed by atoms with E-state index in [-0.39, 0.29) is 0 Å². The summed E-state index contributed by atoms with van der Waals surface area (Å²) in [5.41, 5.74) is 2.33. The molecule has 2 aromatic heterocycles. The van der Waals surface area contributed by atoms with Gasteiger partial charge >= 0.3 is 0 Å². The Kier molecular flexibility index (Phi) is 5.28. The molecule has 0 amide bonds. The van der Waals surface area contributed by atoms with Gasteiger partial charge in [0, 0.05) is 18.5 Å². The van der Waals surface area contributed by atoms with Gasteiger partial charge in [0.05, 0.1) is 5.69 Å². The largest absolute Gasteiger partial charge is 0.311 e. The van der Waals surface area contributed by atoms with E-state index >= 15 is 0 Å². The molecule has 2 heterocycles. The zero-order valence-corrected chi connectivity index (χ0v) is 12.8. The van der Waals surface area contributed by atoms with Crippen LogP contribution in [0, 0.1) is 5.92 Å². The van der Waals surface area contributed by atoms with Crippen LogP contribution in [-0.4, -0.2) is 21.7 Å². The molecule has 0 aliphatic rings. The normalized spacial score (nSPS) is 13.0. The lowest BCUT2D eigenvalue weighted by molar-refractivity contribution is 0.636. The summed E-state index contributed by atoms with van der Waals surface area (Å²) in [6.07, 6.45) is 3.32. The van der Waals surface area contributed by atoms with Gasteiger partial charge in [-0.3, -0.25) is 0 Å². The Bertz CT molecular complexity index is 521. The molecule has 0 fully saturated rings. The first kappa shape index (κ1) is 14.4. The monoisotopic (exact) mass is 277 g/mol. The molecule has 104 valence electrons. The second-order valence-electron chi connectivity index (χ2n) is 4.90. The number of nitrogens with zero attached hydrogens (tertiary/aromatic N) is 2. The first-order chi connectivity index (χ1) is 9.26. The standard InChI is InChI=1S/C15H23N3S/c1-4-12(3)11-19-15-13(10-16-5-2)18-9-7-6-8-14(18)17-15/h6-9,12,16H,4-5,10-11H2,1-3H3. The molecule has 2 aromatic rings. The highest BCUT2D eigenvalue weighted by molar-refractivity contribution is 7.99. The van der Waals surface area contributed by atoms with Crippen LogP contribution >= 0.6 is 11.8 Å². The Morgan fingerprint density at radius 3 is 2.95 bits per heavy atom. The number of fused-ring (bicyclic) bond motifs is 1. The predicted octanol–water partition coefficient (Wildman–Crippen LogP) is 3.58. The Labute approximate surface area is 119 Å². The second kappa shape index (κ2) is 6.96. The van der Waals surface area contributed by atoms with Crippen LogP contribution in [-0.2, 0) is 6.54 Å². The molecule has 0 aliphatic heterocycles. The first-order valence-electron chi connectivity index (χ1n) is 7.05. The summed E-state index contributed by atoms with van der Waals surface area (Å²) in [5.74, 6) is 1.88. The van der Waals surface area contributed by atoms with Gasteiger partial charge in [-0.2, -0.15) is 0 Å². The molecule has 0 spiro atoms. The van der Waals surface area contributed by atoms with Crippen LogP contribution in [0.25, 0.3) is 5.65 Å². The van der Waals surface area contributed by atoms with Crippen LogP contribution in [0.2, 0.25) is 0 Å². The second-order valence-corrected chi connectivity index (χ2v) is 5.91. The Hall–Kier alpha value is -1.00. The summed E-state index contributed by atoms with van der Waals surface area (Å²) in [4.78, 5) is 4.76. The van der Waals surface area contributed by atoms with Crippen molar-refractivity contribution in [1.29, 1.82) is 0 Å². The number of nitrogens with one attached hydrogen (secondary N) is 1. The molecule has 0 aliphatic carbocycles. The topological polar surface area (TPSA) is 29.3 Å². The number of rotatable bonds is 7. The van der Waals surface area contributed by atoms with Gasteiger partial charge < -0.3 is 9.72 Å². The molecule has 0 aromatic carbocycles. The maximum atomic E-state index is 4.76. The maximum Gasteiger partial charge on any atom is 0.138 e. The molecule has 19 heavy (non-hydrogen) atoms. The quantitative estimate of drug-likeness (QED) is 0.784. The molecule has 3 nitrogen and oxygen atoms in total.